The van der Waals surface area contributed by atoms with Gasteiger partial charge in [-0.3, -0.25) is 4.68 Å². The van der Waals surface area contributed by atoms with Crippen molar-refractivity contribution in [1.29, 1.82) is 0 Å². The van der Waals surface area contributed by atoms with Crippen molar-refractivity contribution >= 4 is 0 Å². The smallest absolute Gasteiger partial charge is 0.0521 e. The lowest BCUT2D eigenvalue weighted by Gasteiger charge is -2.11. The number of nitrogens with one attached hydrogen (secondary N) is 1. The van der Waals surface area contributed by atoms with Gasteiger partial charge < -0.3 is 5.32 Å². The molecular formula is C11H19N3. The van der Waals surface area contributed by atoms with E-state index in [1.54, 1.807) is 0 Å². The van der Waals surface area contributed by atoms with Gasteiger partial charge in [-0.15, -0.1) is 0 Å². The van der Waals surface area contributed by atoms with Crippen molar-refractivity contribution in [2.24, 2.45) is 13.0 Å². The molecule has 0 aromatic carbocycles. The molecule has 1 N–H and O–H groups in total. The van der Waals surface area contributed by atoms with E-state index in [1.165, 1.54) is 44.3 Å². The minimum Gasteiger partial charge on any atom is -0.317 e. The molecular weight excluding hydrogens is 174 g/mol. The van der Waals surface area contributed by atoms with E-state index in [9.17, 15) is 0 Å². The second-order valence-electron chi connectivity index (χ2n) is 4.27. The summed E-state index contributed by atoms with van der Waals surface area (Å²) in [4.78, 5) is 0. The molecule has 3 heteroatoms. The highest BCUT2D eigenvalue weighted by Gasteiger charge is 2.12. The van der Waals surface area contributed by atoms with Crippen LogP contribution in [-0.2, 0) is 13.5 Å². The quantitative estimate of drug-likeness (QED) is 0.768. The fourth-order valence-corrected chi connectivity index (χ4v) is 2.21. The van der Waals surface area contributed by atoms with Crippen LogP contribution in [0.4, 0.5) is 0 Å². The van der Waals surface area contributed by atoms with Crippen molar-refractivity contribution in [3.8, 4) is 0 Å². The summed E-state index contributed by atoms with van der Waals surface area (Å²) in [6.45, 7) is 2.38. The molecule has 1 aliphatic heterocycles. The first-order valence-electron chi connectivity index (χ1n) is 5.53. The van der Waals surface area contributed by atoms with Crippen LogP contribution in [0.15, 0.2) is 12.4 Å². The molecule has 2 heterocycles. The molecule has 0 spiro atoms. The lowest BCUT2D eigenvalue weighted by Crippen LogP contribution is -2.14. The van der Waals surface area contributed by atoms with Crippen LogP contribution in [-0.4, -0.2) is 22.9 Å². The minimum atomic E-state index is 0.856. The molecule has 1 saturated heterocycles. The number of nitrogens with zero attached hydrogens (tertiary/aromatic N) is 2. The highest BCUT2D eigenvalue weighted by atomic mass is 15.2. The van der Waals surface area contributed by atoms with E-state index in [-0.39, 0.29) is 0 Å². The maximum atomic E-state index is 4.21. The van der Waals surface area contributed by atoms with Gasteiger partial charge in [-0.25, -0.2) is 0 Å². The van der Waals surface area contributed by atoms with Gasteiger partial charge in [-0.1, -0.05) is 0 Å². The molecule has 1 fully saturated rings. The molecule has 1 aromatic rings. The number of hydrogen-bond donors (Lipinski definition) is 1. The Morgan fingerprint density at radius 3 is 3.21 bits per heavy atom. The Kier molecular flexibility index (Phi) is 3.19. The third-order valence-corrected chi connectivity index (χ3v) is 2.98. The maximum absolute atomic E-state index is 4.21. The molecule has 78 valence electrons. The van der Waals surface area contributed by atoms with Gasteiger partial charge >= 0.3 is 0 Å². The fourth-order valence-electron chi connectivity index (χ4n) is 2.21. The molecule has 1 aromatic heterocycles. The van der Waals surface area contributed by atoms with E-state index in [0.717, 1.165) is 5.92 Å². The van der Waals surface area contributed by atoms with E-state index >= 15 is 0 Å². The summed E-state index contributed by atoms with van der Waals surface area (Å²) in [5.41, 5.74) is 1.39. The molecule has 2 rings (SSSR count). The van der Waals surface area contributed by atoms with E-state index in [4.69, 9.17) is 0 Å². The molecule has 0 saturated carbocycles. The lowest BCUT2D eigenvalue weighted by molar-refractivity contribution is 0.470. The Balaban J connectivity index is 1.89. The van der Waals surface area contributed by atoms with Crippen molar-refractivity contribution in [2.75, 3.05) is 13.1 Å². The molecule has 14 heavy (non-hydrogen) atoms. The van der Waals surface area contributed by atoms with Crippen molar-refractivity contribution in [3.63, 3.8) is 0 Å². The van der Waals surface area contributed by atoms with Crippen molar-refractivity contribution in [3.05, 3.63) is 18.0 Å². The van der Waals surface area contributed by atoms with Gasteiger partial charge in [-0.2, -0.15) is 5.10 Å². The zero-order chi connectivity index (χ0) is 9.80. The van der Waals surface area contributed by atoms with Crippen molar-refractivity contribution < 1.29 is 0 Å². The van der Waals surface area contributed by atoms with E-state index in [0.29, 0.717) is 0 Å². The van der Waals surface area contributed by atoms with Gasteiger partial charge in [0.2, 0.25) is 0 Å². The predicted octanol–water partition coefficient (Wildman–Crippen LogP) is 1.35. The zero-order valence-corrected chi connectivity index (χ0v) is 8.87. The SMILES string of the molecule is Cn1cc(CC2CCCNCC2)cn1. The number of hydrogen-bond acceptors (Lipinski definition) is 2. The van der Waals surface area contributed by atoms with Crippen LogP contribution in [0.2, 0.25) is 0 Å². The topological polar surface area (TPSA) is 29.9 Å². The summed E-state index contributed by atoms with van der Waals surface area (Å²) in [6.07, 6.45) is 9.34. The third kappa shape index (κ3) is 2.58. The number of rotatable bonds is 2. The Hall–Kier alpha value is -0.830. The zero-order valence-electron chi connectivity index (χ0n) is 8.87. The van der Waals surface area contributed by atoms with Crippen LogP contribution >= 0.6 is 0 Å². The van der Waals surface area contributed by atoms with Crippen LogP contribution in [0.5, 0.6) is 0 Å². The summed E-state index contributed by atoms with van der Waals surface area (Å²) in [5.74, 6) is 0.856. The molecule has 1 unspecified atom stereocenters. The molecule has 1 aliphatic rings. The average molecular weight is 193 g/mol. The molecule has 0 bridgehead atoms. The Labute approximate surface area is 85.5 Å². The summed E-state index contributed by atoms with van der Waals surface area (Å²) < 4.78 is 1.89. The Bertz CT molecular complexity index is 272. The highest BCUT2D eigenvalue weighted by Crippen LogP contribution is 2.18. The Morgan fingerprint density at radius 1 is 1.50 bits per heavy atom. The van der Waals surface area contributed by atoms with Gasteiger partial charge in [-0.05, 0) is 50.3 Å². The van der Waals surface area contributed by atoms with Crippen molar-refractivity contribution in [1.82, 2.24) is 15.1 Å². The molecule has 1 atom stereocenters. The van der Waals surface area contributed by atoms with Crippen LogP contribution in [0.3, 0.4) is 0 Å². The standard InChI is InChI=1S/C11H19N3/c1-14-9-11(8-13-14)7-10-3-2-5-12-6-4-10/h8-10,12H,2-7H2,1H3. The molecule has 0 radical (unpaired) electrons. The summed E-state index contributed by atoms with van der Waals surface area (Å²) in [5, 5.41) is 7.65. The van der Waals surface area contributed by atoms with Crippen LogP contribution < -0.4 is 5.32 Å². The number of aromatic nitrogens is 2. The lowest BCUT2D eigenvalue weighted by atomic mass is 9.94. The number of aryl methyl sites for hydroxylation is 1. The monoisotopic (exact) mass is 193 g/mol. The van der Waals surface area contributed by atoms with Gasteiger partial charge in [0.25, 0.3) is 0 Å². The van der Waals surface area contributed by atoms with E-state index in [2.05, 4.69) is 16.6 Å². The first-order chi connectivity index (χ1) is 6.84. The minimum absolute atomic E-state index is 0.856. The summed E-state index contributed by atoms with van der Waals surface area (Å²) in [6, 6.07) is 0. The summed E-state index contributed by atoms with van der Waals surface area (Å²) >= 11 is 0. The highest BCUT2D eigenvalue weighted by molar-refractivity contribution is 5.04. The second kappa shape index (κ2) is 4.60. The average Bonchev–Trinajstić information content (AvgIpc) is 2.43. The van der Waals surface area contributed by atoms with Crippen LogP contribution in [0.1, 0.15) is 24.8 Å². The van der Waals surface area contributed by atoms with Crippen LogP contribution in [0.25, 0.3) is 0 Å². The van der Waals surface area contributed by atoms with Crippen molar-refractivity contribution in [2.45, 2.75) is 25.7 Å². The van der Waals surface area contributed by atoms with Gasteiger partial charge in [0.15, 0.2) is 0 Å². The van der Waals surface area contributed by atoms with E-state index in [1.807, 2.05) is 17.9 Å². The molecule has 3 nitrogen and oxygen atoms in total. The predicted molar refractivity (Wildman–Crippen MR) is 57.1 cm³/mol. The van der Waals surface area contributed by atoms with Gasteiger partial charge in [0.1, 0.15) is 0 Å². The molecule has 0 aliphatic carbocycles. The first kappa shape index (κ1) is 9.71. The van der Waals surface area contributed by atoms with Crippen LogP contribution in [0, 0.1) is 5.92 Å². The summed E-state index contributed by atoms with van der Waals surface area (Å²) in [7, 11) is 1.98. The third-order valence-electron chi connectivity index (χ3n) is 2.98. The second-order valence-corrected chi connectivity index (χ2v) is 4.27. The van der Waals surface area contributed by atoms with Gasteiger partial charge in [0.05, 0.1) is 6.20 Å². The van der Waals surface area contributed by atoms with E-state index < -0.39 is 0 Å². The largest absolute Gasteiger partial charge is 0.317 e. The maximum Gasteiger partial charge on any atom is 0.0521 e. The Morgan fingerprint density at radius 2 is 2.43 bits per heavy atom. The normalized spacial score (nSPS) is 23.4. The fraction of sp³-hybridized carbons (Fsp3) is 0.727. The first-order valence-corrected chi connectivity index (χ1v) is 5.53. The molecule has 0 amide bonds. The van der Waals surface area contributed by atoms with Gasteiger partial charge in [0, 0.05) is 13.2 Å².